The molecule has 2 aromatic heterocycles. The number of rotatable bonds is 11. The SMILES string of the molecule is CON(C(=O)Cc1cccs1)C1C(=O)N2C(C(=O)OC(c3ccccc3)c3ccccc3)=C(C(C)Sc3nn[nH]n3)CS[C@H]12. The van der Waals surface area contributed by atoms with E-state index in [1.807, 2.05) is 85.1 Å². The van der Waals surface area contributed by atoms with Crippen molar-refractivity contribution in [2.75, 3.05) is 12.9 Å². The fourth-order valence-electron chi connectivity index (χ4n) is 5.20. The van der Waals surface area contributed by atoms with Gasteiger partial charge in [0.05, 0.1) is 13.5 Å². The number of amides is 2. The first-order valence-corrected chi connectivity index (χ1v) is 16.5. The molecular formula is C30H28N6O5S3. The van der Waals surface area contributed by atoms with Crippen molar-refractivity contribution in [3.8, 4) is 0 Å². The average molecular weight is 649 g/mol. The van der Waals surface area contributed by atoms with E-state index in [0.717, 1.165) is 21.1 Å². The van der Waals surface area contributed by atoms with Crippen LogP contribution in [0.3, 0.4) is 0 Å². The molecule has 1 fully saturated rings. The molecular weight excluding hydrogens is 621 g/mol. The van der Waals surface area contributed by atoms with Crippen molar-refractivity contribution in [1.82, 2.24) is 30.6 Å². The zero-order valence-electron chi connectivity index (χ0n) is 23.7. The van der Waals surface area contributed by atoms with Gasteiger partial charge in [0.15, 0.2) is 12.1 Å². The molecule has 2 unspecified atom stereocenters. The summed E-state index contributed by atoms with van der Waals surface area (Å²) in [5.41, 5.74) is 2.45. The maximum atomic E-state index is 14.2. The Morgan fingerprint density at radius 1 is 1.09 bits per heavy atom. The van der Waals surface area contributed by atoms with Gasteiger partial charge < -0.3 is 4.74 Å². The first-order chi connectivity index (χ1) is 21.5. The molecule has 0 bridgehead atoms. The summed E-state index contributed by atoms with van der Waals surface area (Å²) in [6, 6.07) is 21.8. The largest absolute Gasteiger partial charge is 0.448 e. The molecule has 2 aromatic carbocycles. The maximum absolute atomic E-state index is 14.2. The van der Waals surface area contributed by atoms with Crippen molar-refractivity contribution in [1.29, 1.82) is 0 Å². The third kappa shape index (κ3) is 6.02. The molecule has 1 N–H and O–H groups in total. The molecule has 226 valence electrons. The van der Waals surface area contributed by atoms with Gasteiger partial charge in [0, 0.05) is 15.9 Å². The topological polar surface area (TPSA) is 131 Å². The first-order valence-electron chi connectivity index (χ1n) is 13.7. The van der Waals surface area contributed by atoms with Crippen molar-refractivity contribution in [3.63, 3.8) is 0 Å². The molecule has 0 radical (unpaired) electrons. The molecule has 2 aliphatic heterocycles. The van der Waals surface area contributed by atoms with E-state index < -0.39 is 29.4 Å². The number of benzene rings is 2. The van der Waals surface area contributed by atoms with Crippen LogP contribution in [0, 0.1) is 0 Å². The number of ether oxygens (including phenoxy) is 1. The molecule has 0 saturated carbocycles. The number of β-lactam (4-membered cyclic amide) rings is 1. The molecule has 3 atom stereocenters. The number of aromatic nitrogens is 4. The van der Waals surface area contributed by atoms with E-state index in [1.54, 1.807) is 0 Å². The Kier molecular flexibility index (Phi) is 9.12. The number of carbonyl (C=O) groups is 3. The zero-order valence-corrected chi connectivity index (χ0v) is 26.2. The second-order valence-electron chi connectivity index (χ2n) is 9.95. The Labute approximate surface area is 265 Å². The number of carbonyl (C=O) groups excluding carboxylic acids is 3. The lowest BCUT2D eigenvalue weighted by atomic mass is 9.99. The lowest BCUT2D eigenvalue weighted by molar-refractivity contribution is -0.208. The fraction of sp³-hybridized carbons (Fsp3) is 0.267. The zero-order chi connectivity index (χ0) is 30.6. The van der Waals surface area contributed by atoms with E-state index in [2.05, 4.69) is 20.6 Å². The van der Waals surface area contributed by atoms with Crippen LogP contribution in [0.4, 0.5) is 0 Å². The molecule has 4 aromatic rings. The summed E-state index contributed by atoms with van der Waals surface area (Å²) in [6.07, 6.45) is -0.599. The Bertz CT molecular complexity index is 1600. The van der Waals surface area contributed by atoms with E-state index >= 15 is 0 Å². The first kappa shape index (κ1) is 30.1. The van der Waals surface area contributed by atoms with Crippen LogP contribution in [-0.4, -0.2) is 77.9 Å². The Morgan fingerprint density at radius 3 is 2.39 bits per heavy atom. The van der Waals surface area contributed by atoms with Gasteiger partial charge in [-0.3, -0.25) is 19.3 Å². The van der Waals surface area contributed by atoms with E-state index in [9.17, 15) is 14.4 Å². The Hall–Kier alpha value is -3.98. The van der Waals surface area contributed by atoms with Crippen LogP contribution in [0.5, 0.6) is 0 Å². The second kappa shape index (κ2) is 13.3. The van der Waals surface area contributed by atoms with Gasteiger partial charge in [-0.05, 0) is 40.3 Å². The van der Waals surface area contributed by atoms with E-state index in [1.165, 1.54) is 46.9 Å². The number of aromatic amines is 1. The predicted octanol–water partition coefficient (Wildman–Crippen LogP) is 4.25. The smallest absolute Gasteiger partial charge is 0.356 e. The highest BCUT2D eigenvalue weighted by molar-refractivity contribution is 8.01. The van der Waals surface area contributed by atoms with Crippen molar-refractivity contribution in [2.24, 2.45) is 0 Å². The summed E-state index contributed by atoms with van der Waals surface area (Å²) < 4.78 is 6.25. The molecule has 1 saturated heterocycles. The number of thiophene rings is 1. The minimum Gasteiger partial charge on any atom is -0.448 e. The maximum Gasteiger partial charge on any atom is 0.356 e. The molecule has 44 heavy (non-hydrogen) atoms. The van der Waals surface area contributed by atoms with Crippen molar-refractivity contribution in [3.05, 3.63) is 105 Å². The van der Waals surface area contributed by atoms with Gasteiger partial charge in [-0.25, -0.2) is 9.86 Å². The standard InChI is InChI=1S/C30H28N6O5S3/c1-18(44-30-31-33-34-32-30)22-17-43-28-25(36(40-2)23(37)16-21-14-9-15-42-21)27(38)35(28)24(22)29(39)41-26(19-10-5-3-6-11-19)20-12-7-4-8-13-20/h3-15,18,25-26,28H,16-17H2,1-2H3,(H,31,32,33,34)/t18?,25?,28-/m1/s1. The van der Waals surface area contributed by atoms with Crippen LogP contribution in [0.15, 0.2) is 94.6 Å². The average Bonchev–Trinajstić information content (AvgIpc) is 3.77. The van der Waals surface area contributed by atoms with Crippen molar-refractivity contribution in [2.45, 2.75) is 41.3 Å². The second-order valence-corrected chi connectivity index (χ2v) is 13.4. The molecule has 11 nitrogen and oxygen atoms in total. The number of H-pyrrole nitrogens is 1. The van der Waals surface area contributed by atoms with Crippen LogP contribution in [0.2, 0.25) is 0 Å². The van der Waals surface area contributed by atoms with Crippen LogP contribution in [0.25, 0.3) is 0 Å². The monoisotopic (exact) mass is 648 g/mol. The highest BCUT2D eigenvalue weighted by Gasteiger charge is 2.58. The van der Waals surface area contributed by atoms with Gasteiger partial charge in [0.2, 0.25) is 5.16 Å². The summed E-state index contributed by atoms with van der Waals surface area (Å²) in [5.74, 6) is -0.967. The van der Waals surface area contributed by atoms with Gasteiger partial charge >= 0.3 is 5.97 Å². The number of tetrazole rings is 1. The van der Waals surface area contributed by atoms with Crippen molar-refractivity contribution < 1.29 is 24.0 Å². The van der Waals surface area contributed by atoms with Crippen molar-refractivity contribution >= 4 is 52.6 Å². The number of fused-ring (bicyclic) bond motifs is 1. The van der Waals surface area contributed by atoms with E-state index in [0.29, 0.717) is 16.5 Å². The summed E-state index contributed by atoms with van der Waals surface area (Å²) in [5, 5.41) is 16.8. The fourth-order valence-corrected chi connectivity index (χ4v) is 8.34. The summed E-state index contributed by atoms with van der Waals surface area (Å²) in [4.78, 5) is 49.1. The number of hydrogen-bond donors (Lipinski definition) is 1. The lowest BCUT2D eigenvalue weighted by Gasteiger charge is -2.52. The summed E-state index contributed by atoms with van der Waals surface area (Å²) in [6.45, 7) is 1.92. The molecule has 6 rings (SSSR count). The van der Waals surface area contributed by atoms with E-state index in [-0.39, 0.29) is 23.3 Å². The molecule has 0 spiro atoms. The van der Waals surface area contributed by atoms with Crippen LogP contribution < -0.4 is 0 Å². The quantitative estimate of drug-likeness (QED) is 0.109. The number of hydroxylamine groups is 2. The molecule has 2 amide bonds. The third-order valence-electron chi connectivity index (χ3n) is 7.29. The van der Waals surface area contributed by atoms with Gasteiger partial charge in [-0.2, -0.15) is 5.21 Å². The number of nitrogens with one attached hydrogen (secondary N) is 1. The third-order valence-corrected chi connectivity index (χ3v) is 10.5. The van der Waals surface area contributed by atoms with Gasteiger partial charge in [0.1, 0.15) is 11.1 Å². The predicted molar refractivity (Wildman–Crippen MR) is 166 cm³/mol. The molecule has 0 aliphatic carbocycles. The van der Waals surface area contributed by atoms with Crippen LogP contribution in [0.1, 0.15) is 29.0 Å². The minimum atomic E-state index is -0.888. The molecule has 14 heteroatoms. The number of esters is 1. The van der Waals surface area contributed by atoms with Gasteiger partial charge in [-0.1, -0.05) is 78.5 Å². The molecule has 4 heterocycles. The number of hydrogen-bond acceptors (Lipinski definition) is 11. The lowest BCUT2D eigenvalue weighted by Crippen LogP contribution is -2.71. The normalized spacial score (nSPS) is 18.5. The van der Waals surface area contributed by atoms with E-state index in [4.69, 9.17) is 9.57 Å². The molecule has 2 aliphatic rings. The highest BCUT2D eigenvalue weighted by Crippen LogP contribution is 2.46. The van der Waals surface area contributed by atoms with Crippen LogP contribution >= 0.6 is 34.9 Å². The van der Waals surface area contributed by atoms with Gasteiger partial charge in [-0.15, -0.1) is 33.3 Å². The summed E-state index contributed by atoms with van der Waals surface area (Å²) >= 11 is 4.24. The Morgan fingerprint density at radius 2 is 1.80 bits per heavy atom. The number of thioether (sulfide) groups is 2. The van der Waals surface area contributed by atoms with Gasteiger partial charge in [0.25, 0.3) is 11.8 Å². The summed E-state index contributed by atoms with van der Waals surface area (Å²) in [7, 11) is 1.38. The van der Waals surface area contributed by atoms with Crippen LogP contribution in [-0.2, 0) is 30.4 Å². The number of nitrogens with zero attached hydrogens (tertiary/aromatic N) is 5. The minimum absolute atomic E-state index is 0.108. The Balaban J connectivity index is 1.33. The highest BCUT2D eigenvalue weighted by atomic mass is 32.2.